The molecular formula is C14H7Br2FN2O. The molecule has 0 aliphatic heterocycles. The molecule has 0 radical (unpaired) electrons. The largest absolute Gasteiger partial charge is 0.321 e. The normalized spacial score (nSPS) is 9.90. The van der Waals surface area contributed by atoms with E-state index in [1.54, 1.807) is 18.2 Å². The molecule has 0 saturated heterocycles. The minimum Gasteiger partial charge on any atom is -0.321 e. The van der Waals surface area contributed by atoms with Crippen LogP contribution < -0.4 is 5.32 Å². The zero-order valence-electron chi connectivity index (χ0n) is 9.95. The first kappa shape index (κ1) is 14.7. The van der Waals surface area contributed by atoms with E-state index in [1.807, 2.05) is 6.07 Å². The third-order valence-electron chi connectivity index (χ3n) is 2.52. The number of carbonyl (C=O) groups excluding carboxylic acids is 1. The first-order valence-corrected chi connectivity index (χ1v) is 7.06. The lowest BCUT2D eigenvalue weighted by molar-refractivity contribution is 0.102. The van der Waals surface area contributed by atoms with E-state index in [4.69, 9.17) is 5.26 Å². The van der Waals surface area contributed by atoms with Crippen LogP contribution in [0.4, 0.5) is 10.1 Å². The Bertz CT molecular complexity index is 726. The van der Waals surface area contributed by atoms with Crippen molar-refractivity contribution >= 4 is 43.5 Å². The second kappa shape index (κ2) is 6.16. The monoisotopic (exact) mass is 396 g/mol. The number of rotatable bonds is 2. The van der Waals surface area contributed by atoms with Crippen molar-refractivity contribution in [2.75, 3.05) is 5.32 Å². The SMILES string of the molecule is N#Cc1ccc(Br)cc1NC(=O)c1cc(Br)ccc1F. The fourth-order valence-corrected chi connectivity index (χ4v) is 2.30. The second-order valence-corrected chi connectivity index (χ2v) is 5.71. The van der Waals surface area contributed by atoms with E-state index in [0.29, 0.717) is 20.2 Å². The highest BCUT2D eigenvalue weighted by molar-refractivity contribution is 9.10. The summed E-state index contributed by atoms with van der Waals surface area (Å²) in [5, 5.41) is 11.5. The lowest BCUT2D eigenvalue weighted by Gasteiger charge is -2.08. The molecule has 2 aromatic carbocycles. The summed E-state index contributed by atoms with van der Waals surface area (Å²) >= 11 is 6.44. The molecule has 1 amide bonds. The Morgan fingerprint density at radius 3 is 2.50 bits per heavy atom. The van der Waals surface area contributed by atoms with Crippen LogP contribution >= 0.6 is 31.9 Å². The third kappa shape index (κ3) is 3.24. The summed E-state index contributed by atoms with van der Waals surface area (Å²) in [4.78, 5) is 12.1. The van der Waals surface area contributed by atoms with E-state index in [2.05, 4.69) is 37.2 Å². The average molecular weight is 398 g/mol. The summed E-state index contributed by atoms with van der Waals surface area (Å²) in [5.41, 5.74) is 0.534. The lowest BCUT2D eigenvalue weighted by Crippen LogP contribution is -2.14. The molecule has 2 rings (SSSR count). The van der Waals surface area contributed by atoms with E-state index in [1.165, 1.54) is 18.2 Å². The van der Waals surface area contributed by atoms with Gasteiger partial charge in [0, 0.05) is 8.95 Å². The molecule has 0 saturated carbocycles. The summed E-state index contributed by atoms with van der Waals surface area (Å²) < 4.78 is 14.9. The quantitative estimate of drug-likeness (QED) is 0.812. The number of halogens is 3. The maximum absolute atomic E-state index is 13.6. The molecule has 2 aromatic rings. The van der Waals surface area contributed by atoms with Crippen LogP contribution in [0.15, 0.2) is 45.3 Å². The van der Waals surface area contributed by atoms with Crippen molar-refractivity contribution in [1.29, 1.82) is 5.26 Å². The molecule has 0 unspecified atom stereocenters. The minimum atomic E-state index is -0.626. The van der Waals surface area contributed by atoms with Crippen LogP contribution in [0.3, 0.4) is 0 Å². The molecule has 1 N–H and O–H groups in total. The van der Waals surface area contributed by atoms with Gasteiger partial charge in [0.15, 0.2) is 0 Å². The van der Waals surface area contributed by atoms with Crippen molar-refractivity contribution in [2.45, 2.75) is 0 Å². The molecule has 0 spiro atoms. The van der Waals surface area contributed by atoms with Gasteiger partial charge in [0.1, 0.15) is 11.9 Å². The van der Waals surface area contributed by atoms with Crippen LogP contribution in [-0.2, 0) is 0 Å². The molecule has 0 fully saturated rings. The van der Waals surface area contributed by atoms with E-state index in [0.717, 1.165) is 0 Å². The van der Waals surface area contributed by atoms with E-state index < -0.39 is 11.7 Å². The zero-order chi connectivity index (χ0) is 14.7. The first-order chi connectivity index (χ1) is 9.51. The van der Waals surface area contributed by atoms with Crippen molar-refractivity contribution in [1.82, 2.24) is 0 Å². The lowest BCUT2D eigenvalue weighted by atomic mass is 10.1. The van der Waals surface area contributed by atoms with Crippen LogP contribution in [0, 0.1) is 17.1 Å². The molecule has 20 heavy (non-hydrogen) atoms. The Morgan fingerprint density at radius 2 is 1.80 bits per heavy atom. The number of carbonyl (C=O) groups is 1. The number of hydrogen-bond acceptors (Lipinski definition) is 2. The number of amides is 1. The predicted octanol–water partition coefficient (Wildman–Crippen LogP) is 4.47. The topological polar surface area (TPSA) is 52.9 Å². The van der Waals surface area contributed by atoms with Gasteiger partial charge < -0.3 is 5.32 Å². The van der Waals surface area contributed by atoms with Crippen LogP contribution in [0.25, 0.3) is 0 Å². The van der Waals surface area contributed by atoms with Gasteiger partial charge in [-0.25, -0.2) is 4.39 Å². The van der Waals surface area contributed by atoms with Crippen LogP contribution in [-0.4, -0.2) is 5.91 Å². The maximum Gasteiger partial charge on any atom is 0.258 e. The van der Waals surface area contributed by atoms with Gasteiger partial charge in [0.05, 0.1) is 16.8 Å². The highest BCUT2D eigenvalue weighted by Crippen LogP contribution is 2.22. The van der Waals surface area contributed by atoms with Crippen LogP contribution in [0.2, 0.25) is 0 Å². The van der Waals surface area contributed by atoms with Crippen molar-refractivity contribution in [2.24, 2.45) is 0 Å². The summed E-state index contributed by atoms with van der Waals surface area (Å²) in [6.07, 6.45) is 0. The van der Waals surface area contributed by atoms with E-state index >= 15 is 0 Å². The Labute approximate surface area is 131 Å². The van der Waals surface area contributed by atoms with E-state index in [-0.39, 0.29) is 5.56 Å². The Hall–Kier alpha value is -1.71. The minimum absolute atomic E-state index is 0.0942. The number of nitrogens with one attached hydrogen (secondary N) is 1. The molecule has 3 nitrogen and oxygen atoms in total. The van der Waals surface area contributed by atoms with Gasteiger partial charge in [0.2, 0.25) is 0 Å². The molecule has 0 heterocycles. The van der Waals surface area contributed by atoms with Gasteiger partial charge in [-0.15, -0.1) is 0 Å². The fourth-order valence-electron chi connectivity index (χ4n) is 1.58. The third-order valence-corrected chi connectivity index (χ3v) is 3.51. The summed E-state index contributed by atoms with van der Waals surface area (Å²) in [6.45, 7) is 0. The molecule has 0 bridgehead atoms. The van der Waals surface area contributed by atoms with E-state index in [9.17, 15) is 9.18 Å². The van der Waals surface area contributed by atoms with Gasteiger partial charge >= 0.3 is 0 Å². The summed E-state index contributed by atoms with van der Waals surface area (Å²) in [5.74, 6) is -1.24. The smallest absolute Gasteiger partial charge is 0.258 e. The van der Waals surface area contributed by atoms with Gasteiger partial charge in [-0.05, 0) is 36.4 Å². The highest BCUT2D eigenvalue weighted by Gasteiger charge is 2.14. The van der Waals surface area contributed by atoms with Crippen molar-refractivity contribution in [3.8, 4) is 6.07 Å². The Balaban J connectivity index is 2.35. The molecular weight excluding hydrogens is 391 g/mol. The van der Waals surface area contributed by atoms with Gasteiger partial charge in [-0.2, -0.15) is 5.26 Å². The molecule has 0 atom stereocenters. The van der Waals surface area contributed by atoms with Crippen LogP contribution in [0.1, 0.15) is 15.9 Å². The number of benzene rings is 2. The number of hydrogen-bond donors (Lipinski definition) is 1. The van der Waals surface area contributed by atoms with Crippen LogP contribution in [0.5, 0.6) is 0 Å². The standard InChI is InChI=1S/C14H7Br2FN2O/c15-9-3-4-12(17)11(5-9)14(20)19-13-6-10(16)2-1-8(13)7-18/h1-6H,(H,19,20). The van der Waals surface area contributed by atoms with Crippen molar-refractivity contribution < 1.29 is 9.18 Å². The van der Waals surface area contributed by atoms with Crippen molar-refractivity contribution in [3.63, 3.8) is 0 Å². The molecule has 6 heteroatoms. The zero-order valence-corrected chi connectivity index (χ0v) is 13.1. The average Bonchev–Trinajstić information content (AvgIpc) is 2.41. The van der Waals surface area contributed by atoms with Gasteiger partial charge in [-0.1, -0.05) is 31.9 Å². The van der Waals surface area contributed by atoms with Gasteiger partial charge in [-0.3, -0.25) is 4.79 Å². The molecule has 0 aliphatic carbocycles. The van der Waals surface area contributed by atoms with Gasteiger partial charge in [0.25, 0.3) is 5.91 Å². The highest BCUT2D eigenvalue weighted by atomic mass is 79.9. The molecule has 0 aromatic heterocycles. The fraction of sp³-hybridized carbons (Fsp3) is 0. The number of anilines is 1. The summed E-state index contributed by atoms with van der Waals surface area (Å²) in [6, 6.07) is 10.9. The Kier molecular flexibility index (Phi) is 4.53. The number of nitriles is 1. The maximum atomic E-state index is 13.6. The predicted molar refractivity (Wildman–Crippen MR) is 80.9 cm³/mol. The molecule has 100 valence electrons. The first-order valence-electron chi connectivity index (χ1n) is 5.47. The Morgan fingerprint density at radius 1 is 1.15 bits per heavy atom. The second-order valence-electron chi connectivity index (χ2n) is 3.88. The summed E-state index contributed by atoms with van der Waals surface area (Å²) in [7, 11) is 0. The number of nitrogens with zero attached hydrogens (tertiary/aromatic N) is 1. The van der Waals surface area contributed by atoms with Crippen molar-refractivity contribution in [3.05, 3.63) is 62.3 Å². The molecule has 0 aliphatic rings.